The highest BCUT2D eigenvalue weighted by Crippen LogP contribution is 2.08. The average molecular weight is 211 g/mol. The predicted molar refractivity (Wildman–Crippen MR) is 50.9 cm³/mol. The maximum atomic E-state index is 10.6. The lowest BCUT2D eigenvalue weighted by atomic mass is 10.2. The van der Waals surface area contributed by atoms with E-state index >= 15 is 0 Å². The van der Waals surface area contributed by atoms with E-state index in [9.17, 15) is 4.79 Å². The number of rotatable bonds is 3. The van der Waals surface area contributed by atoms with Crippen LogP contribution in [0.5, 0.6) is 0 Å². The summed E-state index contributed by atoms with van der Waals surface area (Å²) in [4.78, 5) is 12.6. The molecule has 0 radical (unpaired) electrons. The molecule has 0 fully saturated rings. The van der Waals surface area contributed by atoms with E-state index in [2.05, 4.69) is 10.2 Å². The zero-order valence-electron chi connectivity index (χ0n) is 8.20. The molecule has 82 valence electrons. The zero-order valence-corrected chi connectivity index (χ0v) is 8.20. The quantitative estimate of drug-likeness (QED) is 0.632. The smallest absolute Gasteiger partial charge is 0.321 e. The molecule has 1 aliphatic heterocycles. The number of nitrogens with two attached hydrogens (primary N) is 1. The van der Waals surface area contributed by atoms with Crippen LogP contribution in [0.15, 0.2) is 6.33 Å². The Morgan fingerprint density at radius 2 is 2.47 bits per heavy atom. The van der Waals surface area contributed by atoms with Crippen LogP contribution in [-0.2, 0) is 17.9 Å². The summed E-state index contributed by atoms with van der Waals surface area (Å²) in [5, 5.41) is 16.4. The van der Waals surface area contributed by atoms with Crippen molar-refractivity contribution in [1.29, 1.82) is 0 Å². The summed E-state index contributed by atoms with van der Waals surface area (Å²) in [5.74, 6) is -0.110. The maximum absolute atomic E-state index is 10.6. The number of hydrogen-bond donors (Lipinski definition) is 2. The predicted octanol–water partition coefficient (Wildman–Crippen LogP) is -1.49. The first-order valence-electron chi connectivity index (χ1n) is 4.74. The van der Waals surface area contributed by atoms with Gasteiger partial charge in [0.2, 0.25) is 0 Å². The molecule has 0 saturated carbocycles. The van der Waals surface area contributed by atoms with Gasteiger partial charge in [0.15, 0.2) is 0 Å². The first-order valence-corrected chi connectivity index (χ1v) is 4.74. The topological polar surface area (TPSA) is 97.3 Å². The molecule has 1 aromatic rings. The third-order valence-electron chi connectivity index (χ3n) is 2.49. The van der Waals surface area contributed by atoms with Crippen LogP contribution in [0.3, 0.4) is 0 Å². The third kappa shape index (κ3) is 2.13. The Morgan fingerprint density at radius 1 is 1.67 bits per heavy atom. The zero-order chi connectivity index (χ0) is 10.8. The second-order valence-corrected chi connectivity index (χ2v) is 3.62. The van der Waals surface area contributed by atoms with E-state index in [0.29, 0.717) is 13.1 Å². The number of fused-ring (bicyclic) bond motifs is 1. The fraction of sp³-hybridized carbons (Fsp3) is 0.625. The normalized spacial score (nSPS) is 18.5. The van der Waals surface area contributed by atoms with Gasteiger partial charge in [0.05, 0.1) is 6.54 Å². The van der Waals surface area contributed by atoms with Crippen molar-refractivity contribution in [2.75, 3.05) is 13.1 Å². The van der Waals surface area contributed by atoms with Gasteiger partial charge < -0.3 is 15.4 Å². The largest absolute Gasteiger partial charge is 0.480 e. The lowest BCUT2D eigenvalue weighted by Gasteiger charge is -2.27. The lowest BCUT2D eigenvalue weighted by molar-refractivity contribution is -0.139. The summed E-state index contributed by atoms with van der Waals surface area (Å²) >= 11 is 0. The molecule has 2 heterocycles. The maximum Gasteiger partial charge on any atom is 0.321 e. The SMILES string of the molecule is NC(CN1CCn2cnnc2C1)C(=O)O. The summed E-state index contributed by atoms with van der Waals surface area (Å²) in [6.45, 7) is 2.53. The molecule has 1 aliphatic rings. The molecule has 3 N–H and O–H groups in total. The molecule has 7 nitrogen and oxygen atoms in total. The molecule has 7 heteroatoms. The van der Waals surface area contributed by atoms with E-state index in [4.69, 9.17) is 10.8 Å². The first-order chi connectivity index (χ1) is 7.16. The fourth-order valence-corrected chi connectivity index (χ4v) is 1.63. The molecular weight excluding hydrogens is 198 g/mol. The van der Waals surface area contributed by atoms with Crippen molar-refractivity contribution >= 4 is 5.97 Å². The number of nitrogens with zero attached hydrogens (tertiary/aromatic N) is 4. The first kappa shape index (κ1) is 10.1. The van der Waals surface area contributed by atoms with E-state index in [1.165, 1.54) is 0 Å². The number of aliphatic carboxylic acids is 1. The number of hydrogen-bond acceptors (Lipinski definition) is 5. The molecule has 1 aromatic heterocycles. The van der Waals surface area contributed by atoms with Gasteiger partial charge in [0.1, 0.15) is 18.2 Å². The van der Waals surface area contributed by atoms with Gasteiger partial charge in [-0.05, 0) is 0 Å². The van der Waals surface area contributed by atoms with Crippen LogP contribution >= 0.6 is 0 Å². The molecule has 2 rings (SSSR count). The van der Waals surface area contributed by atoms with Crippen LogP contribution in [0.1, 0.15) is 5.82 Å². The molecule has 0 saturated heterocycles. The third-order valence-corrected chi connectivity index (χ3v) is 2.49. The summed E-state index contributed by atoms with van der Waals surface area (Å²) in [6, 6.07) is -0.834. The summed E-state index contributed by atoms with van der Waals surface area (Å²) < 4.78 is 1.96. The van der Waals surface area contributed by atoms with Crippen LogP contribution in [0.4, 0.5) is 0 Å². The van der Waals surface area contributed by atoms with Crippen molar-refractivity contribution in [3.05, 3.63) is 12.2 Å². The number of carbonyl (C=O) groups is 1. The van der Waals surface area contributed by atoms with Crippen molar-refractivity contribution in [2.24, 2.45) is 5.73 Å². The number of carboxylic acids is 1. The minimum atomic E-state index is -0.970. The van der Waals surface area contributed by atoms with Gasteiger partial charge in [-0.3, -0.25) is 9.69 Å². The van der Waals surface area contributed by atoms with Crippen LogP contribution in [0, 0.1) is 0 Å². The van der Waals surface area contributed by atoms with Crippen LogP contribution in [-0.4, -0.2) is 49.9 Å². The second-order valence-electron chi connectivity index (χ2n) is 3.62. The van der Waals surface area contributed by atoms with Crippen molar-refractivity contribution < 1.29 is 9.90 Å². The summed E-state index contributed by atoms with van der Waals surface area (Å²) in [7, 11) is 0. The lowest BCUT2D eigenvalue weighted by Crippen LogP contribution is -2.45. The Labute approximate surface area is 86.5 Å². The highest BCUT2D eigenvalue weighted by Gasteiger charge is 2.21. The molecule has 1 unspecified atom stereocenters. The highest BCUT2D eigenvalue weighted by molar-refractivity contribution is 5.73. The van der Waals surface area contributed by atoms with Crippen molar-refractivity contribution in [2.45, 2.75) is 19.1 Å². The molecule has 0 bridgehead atoms. The van der Waals surface area contributed by atoms with Gasteiger partial charge in [-0.2, -0.15) is 0 Å². The molecule has 0 aromatic carbocycles. The van der Waals surface area contributed by atoms with Gasteiger partial charge in [-0.1, -0.05) is 0 Å². The summed E-state index contributed by atoms with van der Waals surface area (Å²) in [6.07, 6.45) is 1.68. The van der Waals surface area contributed by atoms with E-state index < -0.39 is 12.0 Å². The molecule has 1 atom stereocenters. The minimum absolute atomic E-state index is 0.349. The van der Waals surface area contributed by atoms with E-state index in [0.717, 1.165) is 18.9 Å². The van der Waals surface area contributed by atoms with Gasteiger partial charge in [-0.15, -0.1) is 10.2 Å². The monoisotopic (exact) mass is 211 g/mol. The Bertz CT molecular complexity index is 364. The van der Waals surface area contributed by atoms with Crippen molar-refractivity contribution in [1.82, 2.24) is 19.7 Å². The molecular formula is C8H13N5O2. The van der Waals surface area contributed by atoms with E-state index in [1.54, 1.807) is 6.33 Å². The van der Waals surface area contributed by atoms with Crippen molar-refractivity contribution in [3.8, 4) is 0 Å². The summed E-state index contributed by atoms with van der Waals surface area (Å²) in [5.41, 5.74) is 5.46. The van der Waals surface area contributed by atoms with E-state index in [-0.39, 0.29) is 0 Å². The fourth-order valence-electron chi connectivity index (χ4n) is 1.63. The standard InChI is InChI=1S/C8H13N5O2/c9-6(8(14)15)3-12-1-2-13-5-10-11-7(13)4-12/h5-6H,1-4,9H2,(H,14,15). The Kier molecular flexibility index (Phi) is 2.65. The Balaban J connectivity index is 1.95. The Hall–Kier alpha value is -1.47. The van der Waals surface area contributed by atoms with Crippen LogP contribution in [0.2, 0.25) is 0 Å². The molecule has 0 amide bonds. The molecule has 0 spiro atoms. The Morgan fingerprint density at radius 3 is 3.20 bits per heavy atom. The van der Waals surface area contributed by atoms with E-state index in [1.807, 2.05) is 9.47 Å². The molecule has 0 aliphatic carbocycles. The van der Waals surface area contributed by atoms with Gasteiger partial charge in [-0.25, -0.2) is 0 Å². The molecule has 15 heavy (non-hydrogen) atoms. The number of carboxylic acid groups (broad SMARTS) is 1. The van der Waals surface area contributed by atoms with Gasteiger partial charge in [0, 0.05) is 19.6 Å². The minimum Gasteiger partial charge on any atom is -0.480 e. The highest BCUT2D eigenvalue weighted by atomic mass is 16.4. The van der Waals surface area contributed by atoms with Gasteiger partial charge >= 0.3 is 5.97 Å². The van der Waals surface area contributed by atoms with Crippen LogP contribution < -0.4 is 5.73 Å². The van der Waals surface area contributed by atoms with Crippen molar-refractivity contribution in [3.63, 3.8) is 0 Å². The van der Waals surface area contributed by atoms with Gasteiger partial charge in [0.25, 0.3) is 0 Å². The number of aromatic nitrogens is 3. The second kappa shape index (κ2) is 3.95. The average Bonchev–Trinajstić information content (AvgIpc) is 2.64. The van der Waals surface area contributed by atoms with Crippen LogP contribution in [0.25, 0.3) is 0 Å².